The second kappa shape index (κ2) is 16.7. The van der Waals surface area contributed by atoms with Crippen LogP contribution in [0.2, 0.25) is 0 Å². The lowest BCUT2D eigenvalue weighted by atomic mass is 9.33. The van der Waals surface area contributed by atoms with Crippen LogP contribution in [0.3, 0.4) is 0 Å². The lowest BCUT2D eigenvalue weighted by Gasteiger charge is -2.44. The van der Waals surface area contributed by atoms with E-state index in [4.69, 9.17) is 15.0 Å². The van der Waals surface area contributed by atoms with Gasteiger partial charge in [0, 0.05) is 67.3 Å². The third-order valence-electron chi connectivity index (χ3n) is 14.2. The van der Waals surface area contributed by atoms with E-state index in [9.17, 15) is 5.26 Å². The van der Waals surface area contributed by atoms with E-state index < -0.39 is 0 Å². The molecule has 4 heterocycles. The van der Waals surface area contributed by atoms with Crippen LogP contribution >= 0.6 is 0 Å². The summed E-state index contributed by atoms with van der Waals surface area (Å²) in [6.45, 7) is 0.0292. The predicted octanol–water partition coefficient (Wildman–Crippen LogP) is 13.6. The number of para-hydroxylation sites is 5. The molecular formula is C64H40BN7. The number of nitrogens with zero attached hydrogens (tertiary/aromatic N) is 7. The Labute approximate surface area is 416 Å². The van der Waals surface area contributed by atoms with Crippen LogP contribution < -0.4 is 26.2 Å². The highest BCUT2D eigenvalue weighted by Crippen LogP contribution is 2.46. The molecule has 334 valence electrons. The van der Waals surface area contributed by atoms with Crippen molar-refractivity contribution in [2.24, 2.45) is 0 Å². The minimum Gasteiger partial charge on any atom is -0.311 e. The Bertz CT molecular complexity index is 3960. The number of nitriles is 1. The lowest BCUT2D eigenvalue weighted by Crippen LogP contribution is -2.61. The molecule has 72 heavy (non-hydrogen) atoms. The SMILES string of the molecule is N#Cc1ccc(-n2c3ccccc3c3cc(-c4cc5c6c(c4)N(c4ccccc4)c4ccccc4B6c4ccccc4N5c4ccccc4)ccc32)cc1-c1nc(-c2ccccc2)nc(-c2ccccc2)n1. The molecule has 0 unspecified atom stereocenters. The van der Waals surface area contributed by atoms with Gasteiger partial charge >= 0.3 is 0 Å². The summed E-state index contributed by atoms with van der Waals surface area (Å²) in [5.41, 5.74) is 18.8. The Morgan fingerprint density at radius 3 is 1.44 bits per heavy atom. The average Bonchev–Trinajstić information content (AvgIpc) is 3.79. The van der Waals surface area contributed by atoms with Gasteiger partial charge in [0.1, 0.15) is 0 Å². The molecule has 8 heteroatoms. The first kappa shape index (κ1) is 41.2. The molecule has 0 amide bonds. The zero-order chi connectivity index (χ0) is 47.7. The van der Waals surface area contributed by atoms with Gasteiger partial charge in [-0.25, -0.2) is 15.0 Å². The molecule has 0 N–H and O–H groups in total. The van der Waals surface area contributed by atoms with Crippen LogP contribution in [0, 0.1) is 11.3 Å². The summed E-state index contributed by atoms with van der Waals surface area (Å²) in [5.74, 6) is 1.51. The van der Waals surface area contributed by atoms with Crippen molar-refractivity contribution in [2.75, 3.05) is 9.80 Å². The summed E-state index contributed by atoms with van der Waals surface area (Å²) >= 11 is 0. The number of fused-ring (bicyclic) bond motifs is 7. The predicted molar refractivity (Wildman–Crippen MR) is 295 cm³/mol. The summed E-state index contributed by atoms with van der Waals surface area (Å²) < 4.78 is 2.29. The van der Waals surface area contributed by atoms with Crippen LogP contribution in [-0.2, 0) is 0 Å². The number of hydrogen-bond acceptors (Lipinski definition) is 6. The Balaban J connectivity index is 0.973. The minimum atomic E-state index is 0.0292. The summed E-state index contributed by atoms with van der Waals surface area (Å²) in [5, 5.41) is 12.9. The van der Waals surface area contributed by atoms with E-state index in [2.05, 4.69) is 184 Å². The number of benzene rings is 10. The lowest BCUT2D eigenvalue weighted by molar-refractivity contribution is 1.07. The molecule has 2 aliphatic heterocycles. The fourth-order valence-corrected chi connectivity index (χ4v) is 11.1. The van der Waals surface area contributed by atoms with Crippen LogP contribution in [0.15, 0.2) is 243 Å². The van der Waals surface area contributed by atoms with E-state index in [1.165, 1.54) is 27.8 Å². The third kappa shape index (κ3) is 6.56. The Kier molecular flexibility index (Phi) is 9.54. The van der Waals surface area contributed by atoms with Gasteiger partial charge in [0.15, 0.2) is 17.5 Å². The first-order chi connectivity index (χ1) is 35.7. The molecule has 0 spiro atoms. The highest BCUT2D eigenvalue weighted by molar-refractivity contribution is 7.00. The molecule has 12 aromatic rings. The maximum atomic E-state index is 10.6. The fourth-order valence-electron chi connectivity index (χ4n) is 11.1. The molecule has 2 aliphatic rings. The van der Waals surface area contributed by atoms with Crippen molar-refractivity contribution in [3.05, 3.63) is 248 Å². The number of aromatic nitrogens is 4. The topological polar surface area (TPSA) is 73.9 Å². The highest BCUT2D eigenvalue weighted by Gasteiger charge is 2.43. The van der Waals surface area contributed by atoms with Crippen LogP contribution in [-0.4, -0.2) is 26.2 Å². The van der Waals surface area contributed by atoms with E-state index in [-0.39, 0.29) is 6.71 Å². The molecule has 0 bridgehead atoms. The molecule has 2 aromatic heterocycles. The van der Waals surface area contributed by atoms with Crippen molar-refractivity contribution in [3.8, 4) is 57.0 Å². The van der Waals surface area contributed by atoms with Gasteiger partial charge in [0.25, 0.3) is 6.71 Å². The summed E-state index contributed by atoms with van der Waals surface area (Å²) in [6.07, 6.45) is 0. The van der Waals surface area contributed by atoms with E-state index in [0.29, 0.717) is 28.6 Å². The van der Waals surface area contributed by atoms with Gasteiger partial charge in [-0.15, -0.1) is 0 Å². The van der Waals surface area contributed by atoms with Crippen LogP contribution in [0.1, 0.15) is 5.56 Å². The van der Waals surface area contributed by atoms with E-state index in [1.54, 1.807) is 0 Å². The first-order valence-corrected chi connectivity index (χ1v) is 24.2. The second-order valence-corrected chi connectivity index (χ2v) is 18.3. The molecule has 0 radical (unpaired) electrons. The van der Waals surface area contributed by atoms with Gasteiger partial charge < -0.3 is 14.4 Å². The molecule has 0 saturated carbocycles. The van der Waals surface area contributed by atoms with Crippen molar-refractivity contribution >= 4 is 79.0 Å². The van der Waals surface area contributed by atoms with Crippen molar-refractivity contribution in [3.63, 3.8) is 0 Å². The monoisotopic (exact) mass is 917 g/mol. The highest BCUT2D eigenvalue weighted by atomic mass is 15.2. The van der Waals surface area contributed by atoms with E-state index in [0.717, 1.165) is 72.5 Å². The molecule has 7 nitrogen and oxygen atoms in total. The molecular weight excluding hydrogens is 878 g/mol. The van der Waals surface area contributed by atoms with E-state index >= 15 is 0 Å². The summed E-state index contributed by atoms with van der Waals surface area (Å²) in [4.78, 5) is 19.9. The molecule has 14 rings (SSSR count). The number of hydrogen-bond donors (Lipinski definition) is 0. The fraction of sp³-hybridized carbons (Fsp3) is 0. The van der Waals surface area contributed by atoms with Gasteiger partial charge in [0.2, 0.25) is 0 Å². The van der Waals surface area contributed by atoms with Crippen molar-refractivity contribution in [1.82, 2.24) is 19.5 Å². The average molecular weight is 918 g/mol. The number of rotatable bonds is 7. The third-order valence-corrected chi connectivity index (χ3v) is 14.2. The van der Waals surface area contributed by atoms with Gasteiger partial charge in [0.05, 0.1) is 22.7 Å². The zero-order valence-electron chi connectivity index (χ0n) is 38.8. The maximum Gasteiger partial charge on any atom is 0.252 e. The largest absolute Gasteiger partial charge is 0.311 e. The van der Waals surface area contributed by atoms with Gasteiger partial charge in [-0.3, -0.25) is 0 Å². The van der Waals surface area contributed by atoms with Crippen LogP contribution in [0.25, 0.3) is 72.8 Å². The zero-order valence-corrected chi connectivity index (χ0v) is 38.8. The number of anilines is 6. The molecule has 0 aliphatic carbocycles. The van der Waals surface area contributed by atoms with Crippen molar-refractivity contribution in [2.45, 2.75) is 0 Å². The minimum absolute atomic E-state index is 0.0292. The normalized spacial score (nSPS) is 12.3. The Morgan fingerprint density at radius 2 is 0.861 bits per heavy atom. The Morgan fingerprint density at radius 1 is 0.361 bits per heavy atom. The summed E-state index contributed by atoms with van der Waals surface area (Å²) in [6, 6.07) is 87.8. The van der Waals surface area contributed by atoms with Crippen molar-refractivity contribution < 1.29 is 0 Å². The van der Waals surface area contributed by atoms with Gasteiger partial charge in [-0.05, 0) is 112 Å². The molecule has 0 saturated heterocycles. The van der Waals surface area contributed by atoms with E-state index in [1.807, 2.05) is 78.9 Å². The first-order valence-electron chi connectivity index (χ1n) is 24.2. The standard InChI is InChI=1S/C64H40BN7/c66-41-45-33-35-49(40-51(45)64-68-62(42-19-5-1-6-20-42)67-63(69-64)43-21-7-2-8-22-43)72-55-30-16-13-27-50(55)52-37-44(34-36-56(52)72)46-38-59-61-60(39-46)71(48-25-11-4-12-26-48)58-32-18-15-29-54(58)65(61)53-28-14-17-31-57(53)70(59)47-23-9-3-10-24-47/h1-40H. The molecule has 10 aromatic carbocycles. The van der Waals surface area contributed by atoms with Crippen LogP contribution in [0.5, 0.6) is 0 Å². The van der Waals surface area contributed by atoms with Crippen molar-refractivity contribution in [1.29, 1.82) is 5.26 Å². The van der Waals surface area contributed by atoms with Gasteiger partial charge in [-0.2, -0.15) is 5.26 Å². The Hall–Kier alpha value is -9.84. The maximum absolute atomic E-state index is 10.6. The van der Waals surface area contributed by atoms with Crippen LogP contribution in [0.4, 0.5) is 34.1 Å². The quantitative estimate of drug-likeness (QED) is 0.148. The smallest absolute Gasteiger partial charge is 0.252 e. The van der Waals surface area contributed by atoms with Gasteiger partial charge in [-0.1, -0.05) is 158 Å². The second-order valence-electron chi connectivity index (χ2n) is 18.3. The molecule has 0 atom stereocenters. The summed E-state index contributed by atoms with van der Waals surface area (Å²) in [7, 11) is 0. The molecule has 0 fully saturated rings.